The number of ether oxygens (including phenoxy) is 1. The Hall–Kier alpha value is -3.67. The lowest BCUT2D eigenvalue weighted by Gasteiger charge is -2.29. The van der Waals surface area contributed by atoms with Crippen molar-refractivity contribution in [3.05, 3.63) is 29.8 Å². The molecule has 36 heavy (non-hydrogen) atoms. The van der Waals surface area contributed by atoms with E-state index in [4.69, 9.17) is 10.5 Å². The zero-order valence-electron chi connectivity index (χ0n) is 20.3. The summed E-state index contributed by atoms with van der Waals surface area (Å²) in [5, 5.41) is 14.9. The average Bonchev–Trinajstić information content (AvgIpc) is 3.33. The molecule has 0 unspecified atom stereocenters. The maximum atomic E-state index is 13.4. The summed E-state index contributed by atoms with van der Waals surface area (Å²) < 4.78 is 5.76. The third kappa shape index (κ3) is 6.72. The van der Waals surface area contributed by atoms with E-state index in [1.165, 1.54) is 16.8 Å². The van der Waals surface area contributed by atoms with Gasteiger partial charge in [0, 0.05) is 20.0 Å². The molecule has 0 saturated carbocycles. The van der Waals surface area contributed by atoms with Crippen molar-refractivity contribution in [1.82, 2.24) is 20.4 Å². The molecule has 5 amide bonds. The fraction of sp³-hybridized carbons (Fsp3) is 0.542. The summed E-state index contributed by atoms with van der Waals surface area (Å²) in [5.74, 6) is -2.54. The summed E-state index contributed by atoms with van der Waals surface area (Å²) in [5.41, 5.74) is 5.42. The Bertz CT molecular complexity index is 1000. The minimum Gasteiger partial charge on any atom is -0.491 e. The molecular formula is C24H33N5O7. The molecule has 3 rings (SSSR count). The summed E-state index contributed by atoms with van der Waals surface area (Å²) >= 11 is 0. The van der Waals surface area contributed by atoms with Crippen molar-refractivity contribution in [3.63, 3.8) is 0 Å². The first-order valence-corrected chi connectivity index (χ1v) is 12.0. The molecule has 1 saturated heterocycles. The standard InChI is InChI=1S/C24H33N5O7/c1-28-11-12-36-19-7-3-2-6-16(19)22(33)27-18(24(35)29-10-4-5-15(29)14-30)13-21(32)26-17(23(28)34)8-9-20(25)31/h2-3,6-7,15,17-18,30H,4-5,8-14H2,1H3,(H2,25,31)(H,26,32)(H,27,33)/t15-,17+,18+/m1/s1. The van der Waals surface area contributed by atoms with Crippen LogP contribution in [0.2, 0.25) is 0 Å². The molecule has 0 aliphatic carbocycles. The Morgan fingerprint density at radius 2 is 1.92 bits per heavy atom. The first-order chi connectivity index (χ1) is 17.2. The van der Waals surface area contributed by atoms with Crippen LogP contribution in [0.3, 0.4) is 0 Å². The highest BCUT2D eigenvalue weighted by Gasteiger charge is 2.36. The zero-order valence-corrected chi connectivity index (χ0v) is 20.3. The fourth-order valence-corrected chi connectivity index (χ4v) is 4.38. The summed E-state index contributed by atoms with van der Waals surface area (Å²) in [4.78, 5) is 66.7. The summed E-state index contributed by atoms with van der Waals surface area (Å²) in [6, 6.07) is 3.79. The second-order valence-electron chi connectivity index (χ2n) is 8.97. The van der Waals surface area contributed by atoms with Gasteiger partial charge in [0.05, 0.1) is 31.2 Å². The van der Waals surface area contributed by atoms with Crippen LogP contribution in [-0.4, -0.2) is 95.9 Å². The van der Waals surface area contributed by atoms with Crippen LogP contribution < -0.4 is 21.1 Å². The van der Waals surface area contributed by atoms with Gasteiger partial charge in [-0.3, -0.25) is 24.0 Å². The number of nitrogens with zero attached hydrogens (tertiary/aromatic N) is 2. The maximum absolute atomic E-state index is 13.4. The molecule has 1 fully saturated rings. The molecule has 0 aromatic heterocycles. The third-order valence-electron chi connectivity index (χ3n) is 6.37. The smallest absolute Gasteiger partial charge is 0.255 e. The third-order valence-corrected chi connectivity index (χ3v) is 6.37. The highest BCUT2D eigenvalue weighted by atomic mass is 16.5. The predicted molar refractivity (Wildman–Crippen MR) is 128 cm³/mol. The molecule has 0 bridgehead atoms. The normalized spacial score (nSPS) is 23.7. The molecule has 12 heteroatoms. The number of hydrogen-bond donors (Lipinski definition) is 4. The van der Waals surface area contributed by atoms with Crippen LogP contribution in [0.25, 0.3) is 0 Å². The number of carbonyl (C=O) groups excluding carboxylic acids is 5. The van der Waals surface area contributed by atoms with Crippen LogP contribution in [0.5, 0.6) is 5.75 Å². The number of hydrogen-bond acceptors (Lipinski definition) is 7. The lowest BCUT2D eigenvalue weighted by Crippen LogP contribution is -2.54. The second kappa shape index (κ2) is 12.3. The minimum atomic E-state index is -1.25. The number of nitrogens with one attached hydrogen (secondary N) is 2. The van der Waals surface area contributed by atoms with Crippen molar-refractivity contribution in [3.8, 4) is 5.75 Å². The van der Waals surface area contributed by atoms with Gasteiger partial charge >= 0.3 is 0 Å². The molecule has 1 aromatic rings. The van der Waals surface area contributed by atoms with E-state index in [-0.39, 0.29) is 43.9 Å². The van der Waals surface area contributed by atoms with E-state index in [9.17, 15) is 29.1 Å². The molecule has 5 N–H and O–H groups in total. The summed E-state index contributed by atoms with van der Waals surface area (Å²) in [6.45, 7) is 0.390. The van der Waals surface area contributed by atoms with Crippen molar-refractivity contribution >= 4 is 29.5 Å². The van der Waals surface area contributed by atoms with Crippen molar-refractivity contribution < 1.29 is 33.8 Å². The van der Waals surface area contributed by atoms with Gasteiger partial charge in [-0.1, -0.05) is 12.1 Å². The highest BCUT2D eigenvalue weighted by molar-refractivity contribution is 6.01. The molecule has 12 nitrogen and oxygen atoms in total. The number of para-hydroxylation sites is 1. The second-order valence-corrected chi connectivity index (χ2v) is 8.97. The van der Waals surface area contributed by atoms with Crippen molar-refractivity contribution in [2.24, 2.45) is 5.73 Å². The number of likely N-dealkylation sites (tertiary alicyclic amines) is 1. The van der Waals surface area contributed by atoms with E-state index in [1.54, 1.807) is 24.3 Å². The zero-order chi connectivity index (χ0) is 26.2. The first kappa shape index (κ1) is 26.9. The van der Waals surface area contributed by atoms with Gasteiger partial charge < -0.3 is 36.0 Å². The molecule has 3 atom stereocenters. The average molecular weight is 504 g/mol. The molecule has 2 aliphatic rings. The number of primary amides is 1. The highest BCUT2D eigenvalue weighted by Crippen LogP contribution is 2.21. The van der Waals surface area contributed by atoms with Gasteiger partial charge in [-0.2, -0.15) is 0 Å². The first-order valence-electron chi connectivity index (χ1n) is 12.0. The number of fused-ring (bicyclic) bond motifs is 1. The van der Waals surface area contributed by atoms with E-state index >= 15 is 0 Å². The maximum Gasteiger partial charge on any atom is 0.255 e. The quantitative estimate of drug-likeness (QED) is 0.389. The van der Waals surface area contributed by atoms with Crippen molar-refractivity contribution in [1.29, 1.82) is 0 Å². The lowest BCUT2D eigenvalue weighted by molar-refractivity contribution is -0.138. The number of carbonyl (C=O) groups is 5. The van der Waals surface area contributed by atoms with E-state index < -0.39 is 54.1 Å². The van der Waals surface area contributed by atoms with Crippen LogP contribution in [-0.2, 0) is 19.2 Å². The van der Waals surface area contributed by atoms with Crippen LogP contribution in [0.15, 0.2) is 24.3 Å². The molecular weight excluding hydrogens is 470 g/mol. The molecule has 0 spiro atoms. The number of aliphatic hydroxyl groups excluding tert-OH is 1. The Balaban J connectivity index is 1.92. The van der Waals surface area contributed by atoms with Crippen LogP contribution in [0.1, 0.15) is 42.5 Å². The molecule has 1 aromatic carbocycles. The van der Waals surface area contributed by atoms with Crippen LogP contribution in [0, 0.1) is 0 Å². The Labute approximate surface area is 209 Å². The van der Waals surface area contributed by atoms with Gasteiger partial charge in [0.15, 0.2) is 0 Å². The fourth-order valence-electron chi connectivity index (χ4n) is 4.38. The summed E-state index contributed by atoms with van der Waals surface area (Å²) in [6.07, 6.45) is 0.724. The van der Waals surface area contributed by atoms with Gasteiger partial charge in [-0.25, -0.2) is 0 Å². The molecule has 2 heterocycles. The number of amides is 5. The molecule has 2 aliphatic heterocycles. The Morgan fingerprint density at radius 3 is 2.64 bits per heavy atom. The number of likely N-dealkylation sites (N-methyl/N-ethyl adjacent to an activating group) is 1. The Kier molecular flexibility index (Phi) is 9.23. The number of benzene rings is 1. The van der Waals surface area contributed by atoms with Crippen LogP contribution in [0.4, 0.5) is 0 Å². The predicted octanol–water partition coefficient (Wildman–Crippen LogP) is -1.24. The van der Waals surface area contributed by atoms with Crippen molar-refractivity contribution in [2.75, 3.05) is 33.4 Å². The van der Waals surface area contributed by atoms with Crippen molar-refractivity contribution in [2.45, 2.75) is 50.2 Å². The van der Waals surface area contributed by atoms with Gasteiger partial charge in [0.1, 0.15) is 24.4 Å². The SMILES string of the molecule is CN1CCOc2ccccc2C(=O)N[C@H](C(=O)N2CCC[C@@H]2CO)CC(=O)N[C@@H](CCC(N)=O)C1=O. The van der Waals surface area contributed by atoms with Gasteiger partial charge in [-0.05, 0) is 31.4 Å². The van der Waals surface area contributed by atoms with Gasteiger partial charge in [0.2, 0.25) is 23.6 Å². The van der Waals surface area contributed by atoms with E-state index in [1.807, 2.05) is 0 Å². The number of aliphatic hydroxyl groups is 1. The van der Waals surface area contributed by atoms with E-state index in [0.29, 0.717) is 19.4 Å². The topological polar surface area (TPSA) is 171 Å². The largest absolute Gasteiger partial charge is 0.491 e. The number of nitrogens with two attached hydrogens (primary N) is 1. The monoisotopic (exact) mass is 503 g/mol. The molecule has 196 valence electrons. The summed E-state index contributed by atoms with van der Waals surface area (Å²) in [7, 11) is 1.54. The van der Waals surface area contributed by atoms with Gasteiger partial charge in [-0.15, -0.1) is 0 Å². The number of rotatable bonds is 5. The minimum absolute atomic E-state index is 0.0162. The van der Waals surface area contributed by atoms with E-state index in [2.05, 4.69) is 10.6 Å². The molecule has 0 radical (unpaired) electrons. The van der Waals surface area contributed by atoms with E-state index in [0.717, 1.165) is 0 Å². The van der Waals surface area contributed by atoms with Gasteiger partial charge in [0.25, 0.3) is 5.91 Å². The lowest BCUT2D eigenvalue weighted by atomic mass is 10.1. The van der Waals surface area contributed by atoms with Crippen LogP contribution >= 0.6 is 0 Å². The Morgan fingerprint density at radius 1 is 1.17 bits per heavy atom.